The minimum absolute atomic E-state index is 0.799. The first-order chi connectivity index (χ1) is 9.11. The van der Waals surface area contributed by atoms with E-state index in [2.05, 4.69) is 54.9 Å². The zero-order valence-electron chi connectivity index (χ0n) is 12.4. The molecule has 1 aliphatic carbocycles. The van der Waals surface area contributed by atoms with Crippen molar-refractivity contribution in [2.75, 3.05) is 5.33 Å². The van der Waals surface area contributed by atoms with E-state index in [1.54, 1.807) is 5.57 Å². The molecule has 1 aliphatic rings. The molecule has 0 aromatic heterocycles. The third-order valence-electron chi connectivity index (χ3n) is 4.35. The van der Waals surface area contributed by atoms with Crippen molar-refractivity contribution in [3.05, 3.63) is 40.0 Å². The average Bonchev–Trinajstić information content (AvgIpc) is 2.39. The van der Waals surface area contributed by atoms with Crippen LogP contribution in [0.4, 0.5) is 0 Å². The molecule has 1 aromatic carbocycles. The second-order valence-electron chi connectivity index (χ2n) is 6.00. The van der Waals surface area contributed by atoms with Crippen molar-refractivity contribution in [1.29, 1.82) is 0 Å². The summed E-state index contributed by atoms with van der Waals surface area (Å²) in [5, 5.41) is 1.02. The van der Waals surface area contributed by atoms with Gasteiger partial charge in [0.25, 0.3) is 0 Å². The van der Waals surface area contributed by atoms with Crippen LogP contribution in [0, 0.1) is 26.7 Å². The van der Waals surface area contributed by atoms with Gasteiger partial charge in [-0.05, 0) is 56.2 Å². The third-order valence-corrected chi connectivity index (χ3v) is 5.00. The lowest BCUT2D eigenvalue weighted by Crippen LogP contribution is -2.10. The second kappa shape index (κ2) is 6.74. The molecule has 104 valence electrons. The highest BCUT2D eigenvalue weighted by atomic mass is 79.9. The number of halogens is 1. The molecule has 1 aromatic rings. The van der Waals surface area contributed by atoms with E-state index in [4.69, 9.17) is 0 Å². The van der Waals surface area contributed by atoms with Crippen molar-refractivity contribution in [1.82, 2.24) is 0 Å². The summed E-state index contributed by atoms with van der Waals surface area (Å²) >= 11 is 3.70. The number of hydrogen-bond acceptors (Lipinski definition) is 0. The van der Waals surface area contributed by atoms with Gasteiger partial charge in [0.15, 0.2) is 0 Å². The van der Waals surface area contributed by atoms with Crippen LogP contribution >= 0.6 is 15.9 Å². The van der Waals surface area contributed by atoms with Gasteiger partial charge in [0.2, 0.25) is 0 Å². The Morgan fingerprint density at radius 1 is 1.11 bits per heavy atom. The van der Waals surface area contributed by atoms with E-state index in [0.29, 0.717) is 0 Å². The van der Waals surface area contributed by atoms with Gasteiger partial charge < -0.3 is 0 Å². The van der Waals surface area contributed by atoms with Crippen LogP contribution in [0.3, 0.4) is 0 Å². The Morgan fingerprint density at radius 3 is 2.21 bits per heavy atom. The van der Waals surface area contributed by atoms with Crippen molar-refractivity contribution < 1.29 is 0 Å². The topological polar surface area (TPSA) is 0 Å². The lowest BCUT2D eigenvalue weighted by atomic mass is 9.83. The van der Waals surface area contributed by atoms with E-state index >= 15 is 0 Å². The molecule has 1 heteroatoms. The molecule has 0 atom stereocenters. The molecule has 19 heavy (non-hydrogen) atoms. The molecular weight excluding hydrogens is 296 g/mol. The van der Waals surface area contributed by atoms with Gasteiger partial charge in [-0.25, -0.2) is 0 Å². The summed E-state index contributed by atoms with van der Waals surface area (Å²) in [6.07, 6.45) is 9.44. The fourth-order valence-electron chi connectivity index (χ4n) is 3.34. The van der Waals surface area contributed by atoms with Crippen molar-refractivity contribution in [2.45, 2.75) is 52.9 Å². The van der Waals surface area contributed by atoms with E-state index in [1.807, 2.05) is 0 Å². The molecule has 0 radical (unpaired) electrons. The fourth-order valence-corrected chi connectivity index (χ4v) is 3.96. The van der Waals surface area contributed by atoms with Gasteiger partial charge >= 0.3 is 0 Å². The van der Waals surface area contributed by atoms with E-state index in [-0.39, 0.29) is 0 Å². The van der Waals surface area contributed by atoms with Gasteiger partial charge in [-0.3, -0.25) is 0 Å². The molecule has 1 fully saturated rings. The Bertz CT molecular complexity index is 442. The van der Waals surface area contributed by atoms with Crippen LogP contribution < -0.4 is 0 Å². The van der Waals surface area contributed by atoms with Crippen molar-refractivity contribution in [3.63, 3.8) is 0 Å². The highest BCUT2D eigenvalue weighted by Gasteiger charge is 2.17. The van der Waals surface area contributed by atoms with Gasteiger partial charge in [-0.1, -0.05) is 64.5 Å². The molecule has 2 rings (SSSR count). The normalized spacial score (nSPS) is 17.8. The molecule has 0 bridgehead atoms. The van der Waals surface area contributed by atoms with Gasteiger partial charge in [-0.2, -0.15) is 0 Å². The number of allylic oxidation sites excluding steroid dienone is 1. The molecule has 0 amide bonds. The number of benzene rings is 1. The SMILES string of the molecule is Cc1cc(C)c(C=C(CBr)C2CCCCC2)c(C)c1. The minimum Gasteiger partial charge on any atom is -0.0880 e. The summed E-state index contributed by atoms with van der Waals surface area (Å²) < 4.78 is 0. The monoisotopic (exact) mass is 320 g/mol. The first-order valence-electron chi connectivity index (χ1n) is 7.46. The van der Waals surface area contributed by atoms with Gasteiger partial charge in [0, 0.05) is 5.33 Å². The Balaban J connectivity index is 2.31. The van der Waals surface area contributed by atoms with E-state index < -0.39 is 0 Å². The van der Waals surface area contributed by atoms with Crippen LogP contribution in [0.1, 0.15) is 54.4 Å². The van der Waals surface area contributed by atoms with Crippen molar-refractivity contribution in [2.24, 2.45) is 5.92 Å². The molecule has 0 saturated heterocycles. The Morgan fingerprint density at radius 2 is 1.68 bits per heavy atom. The summed E-state index contributed by atoms with van der Waals surface area (Å²) in [5.74, 6) is 0.799. The quantitative estimate of drug-likeness (QED) is 0.602. The fraction of sp³-hybridized carbons (Fsp3) is 0.556. The summed E-state index contributed by atoms with van der Waals surface area (Å²) in [7, 11) is 0. The Labute approximate surface area is 126 Å². The molecule has 1 saturated carbocycles. The molecule has 0 aliphatic heterocycles. The van der Waals surface area contributed by atoms with Crippen molar-refractivity contribution >= 4 is 22.0 Å². The third kappa shape index (κ3) is 3.72. The highest BCUT2D eigenvalue weighted by molar-refractivity contribution is 9.09. The Hall–Kier alpha value is -0.560. The first-order valence-corrected chi connectivity index (χ1v) is 8.58. The summed E-state index contributed by atoms with van der Waals surface area (Å²) in [6, 6.07) is 4.59. The van der Waals surface area contributed by atoms with Gasteiger partial charge in [0.1, 0.15) is 0 Å². The number of rotatable bonds is 3. The van der Waals surface area contributed by atoms with Gasteiger partial charge in [-0.15, -0.1) is 0 Å². The molecule has 0 N–H and O–H groups in total. The average molecular weight is 321 g/mol. The predicted octanol–water partition coefficient (Wildman–Crippen LogP) is 5.97. The number of hydrogen-bond donors (Lipinski definition) is 0. The zero-order valence-corrected chi connectivity index (χ0v) is 14.0. The van der Waals surface area contributed by atoms with Crippen LogP contribution in [-0.2, 0) is 0 Å². The molecule has 0 nitrogen and oxygen atoms in total. The number of aryl methyl sites for hydroxylation is 3. The van der Waals surface area contributed by atoms with Crippen LogP contribution in [0.25, 0.3) is 6.08 Å². The lowest BCUT2D eigenvalue weighted by molar-refractivity contribution is 0.405. The standard InChI is InChI=1S/C18H25Br/c1-13-9-14(2)18(15(3)10-13)11-17(12-19)16-7-5-4-6-8-16/h9-11,16H,4-8,12H2,1-3H3. The van der Waals surface area contributed by atoms with E-state index in [9.17, 15) is 0 Å². The van der Waals surface area contributed by atoms with Gasteiger partial charge in [0.05, 0.1) is 0 Å². The molecule has 0 heterocycles. The number of alkyl halides is 1. The van der Waals surface area contributed by atoms with Crippen molar-refractivity contribution in [3.8, 4) is 0 Å². The first kappa shape index (κ1) is 14.8. The minimum atomic E-state index is 0.799. The smallest absolute Gasteiger partial charge is 0.0247 e. The maximum atomic E-state index is 3.70. The lowest BCUT2D eigenvalue weighted by Gasteiger charge is -2.24. The predicted molar refractivity (Wildman–Crippen MR) is 89.0 cm³/mol. The summed E-state index contributed by atoms with van der Waals surface area (Å²) in [6.45, 7) is 6.65. The molecule has 0 spiro atoms. The van der Waals surface area contributed by atoms with Crippen LogP contribution in [0.15, 0.2) is 17.7 Å². The molecular formula is C18H25Br. The zero-order chi connectivity index (χ0) is 13.8. The second-order valence-corrected chi connectivity index (χ2v) is 6.56. The maximum Gasteiger partial charge on any atom is 0.0247 e. The van der Waals surface area contributed by atoms with E-state index in [1.165, 1.54) is 54.4 Å². The summed E-state index contributed by atoms with van der Waals surface area (Å²) in [5.41, 5.74) is 7.21. The Kier molecular flexibility index (Phi) is 5.27. The van der Waals surface area contributed by atoms with E-state index in [0.717, 1.165) is 11.2 Å². The van der Waals surface area contributed by atoms with Crippen LogP contribution in [0.2, 0.25) is 0 Å². The molecule has 0 unspecified atom stereocenters. The largest absolute Gasteiger partial charge is 0.0880 e. The maximum absolute atomic E-state index is 3.70. The van der Waals surface area contributed by atoms with Crippen LogP contribution in [-0.4, -0.2) is 5.33 Å². The van der Waals surface area contributed by atoms with Crippen LogP contribution in [0.5, 0.6) is 0 Å². The summed E-state index contributed by atoms with van der Waals surface area (Å²) in [4.78, 5) is 0. The highest BCUT2D eigenvalue weighted by Crippen LogP contribution is 2.32.